The highest BCUT2D eigenvalue weighted by Gasteiger charge is 2.45. The number of benzene rings is 1. The molecule has 1 aromatic carbocycles. The van der Waals surface area contributed by atoms with Crippen LogP contribution in [0.25, 0.3) is 11.3 Å². The summed E-state index contributed by atoms with van der Waals surface area (Å²) in [5, 5.41) is 12.9. The normalized spacial score (nSPS) is 22.5. The summed E-state index contributed by atoms with van der Waals surface area (Å²) in [5.74, 6) is -2.41. The lowest BCUT2D eigenvalue weighted by atomic mass is 9.93. The molecular weight excluding hydrogens is 684 g/mol. The number of pyridine rings is 1. The van der Waals surface area contributed by atoms with E-state index in [-0.39, 0.29) is 27.0 Å². The highest BCUT2D eigenvalue weighted by molar-refractivity contribution is 7.20. The number of rotatable bonds is 7. The summed E-state index contributed by atoms with van der Waals surface area (Å²) in [6.07, 6.45) is 4.43. The second kappa shape index (κ2) is 13.7. The second-order valence-electron chi connectivity index (χ2n) is 13.5. The number of likely N-dealkylation sites (tertiary alicyclic amines) is 1. The van der Waals surface area contributed by atoms with Crippen molar-refractivity contribution in [2.45, 2.75) is 69.6 Å². The predicted octanol–water partition coefficient (Wildman–Crippen LogP) is 7.41. The van der Waals surface area contributed by atoms with Crippen molar-refractivity contribution >= 4 is 50.8 Å². The van der Waals surface area contributed by atoms with Gasteiger partial charge < -0.3 is 14.9 Å². The van der Waals surface area contributed by atoms with Crippen LogP contribution in [0.2, 0.25) is 5.02 Å². The average molecular weight is 721 g/mol. The molecule has 262 valence electrons. The van der Waals surface area contributed by atoms with E-state index >= 15 is 4.39 Å². The topological polar surface area (TPSA) is 102 Å². The molecule has 9 nitrogen and oxygen atoms in total. The highest BCUT2D eigenvalue weighted by atomic mass is 35.5. The lowest BCUT2D eigenvalue weighted by molar-refractivity contribution is -0.142. The van der Waals surface area contributed by atoms with Crippen LogP contribution in [0.4, 0.5) is 33.5 Å². The number of fused-ring (bicyclic) bond motifs is 1. The number of thiazole rings is 1. The molecule has 3 aliphatic heterocycles. The summed E-state index contributed by atoms with van der Waals surface area (Å²) in [4.78, 5) is 40.2. The van der Waals surface area contributed by atoms with Gasteiger partial charge in [0, 0.05) is 50.0 Å². The van der Waals surface area contributed by atoms with Gasteiger partial charge in [-0.1, -0.05) is 48.3 Å². The number of hydrogen-bond donors (Lipinski definition) is 2. The maximum atomic E-state index is 15.6. The van der Waals surface area contributed by atoms with E-state index in [4.69, 9.17) is 11.6 Å². The van der Waals surface area contributed by atoms with E-state index in [1.165, 1.54) is 56.5 Å². The zero-order chi connectivity index (χ0) is 34.4. The number of carbonyl (C=O) groups is 2. The van der Waals surface area contributed by atoms with Gasteiger partial charge in [-0.05, 0) is 62.8 Å². The van der Waals surface area contributed by atoms with Crippen molar-refractivity contribution in [2.24, 2.45) is 11.8 Å². The average Bonchev–Trinajstić information content (AvgIpc) is 3.79. The smallest absolute Gasteiger partial charge is 0.419 e. The number of nitrogens with one attached hydrogen (secondary N) is 1. The van der Waals surface area contributed by atoms with Gasteiger partial charge in [0.1, 0.15) is 22.3 Å². The molecule has 1 amide bonds. The lowest BCUT2D eigenvalue weighted by Crippen LogP contribution is -2.43. The number of aliphatic carboxylic acids is 1. The Morgan fingerprint density at radius 2 is 1.76 bits per heavy atom. The van der Waals surface area contributed by atoms with Crippen molar-refractivity contribution in [3.8, 4) is 11.3 Å². The fourth-order valence-electron chi connectivity index (χ4n) is 8.01. The van der Waals surface area contributed by atoms with Gasteiger partial charge in [-0.3, -0.25) is 19.8 Å². The van der Waals surface area contributed by atoms with Crippen molar-refractivity contribution in [1.29, 1.82) is 0 Å². The number of alkyl halides is 3. The van der Waals surface area contributed by atoms with Crippen LogP contribution in [-0.4, -0.2) is 76.7 Å². The minimum atomic E-state index is -4.89. The maximum absolute atomic E-state index is 15.6. The van der Waals surface area contributed by atoms with E-state index in [1.807, 2.05) is 4.90 Å². The SMILES string of the molecule is O=C(Nc1nc(-c2cccc(C(F)(F)F)c2F)c(N2CC3CCN(C4CCCCC4)C3C2)s1)c1cnc(N2CCC(C(=O)O)CC2)c(Cl)c1. The Balaban J connectivity index is 1.15. The largest absolute Gasteiger partial charge is 0.481 e. The van der Waals surface area contributed by atoms with Gasteiger partial charge in [0.25, 0.3) is 5.91 Å². The summed E-state index contributed by atoms with van der Waals surface area (Å²) in [7, 11) is 0. The molecule has 2 unspecified atom stereocenters. The Morgan fingerprint density at radius 3 is 2.45 bits per heavy atom. The van der Waals surface area contributed by atoms with Crippen LogP contribution in [0.1, 0.15) is 67.3 Å². The van der Waals surface area contributed by atoms with E-state index in [9.17, 15) is 27.9 Å². The predicted molar refractivity (Wildman–Crippen MR) is 180 cm³/mol. The number of hydrogen-bond acceptors (Lipinski definition) is 8. The van der Waals surface area contributed by atoms with Gasteiger partial charge in [-0.25, -0.2) is 14.4 Å². The number of nitrogens with zero attached hydrogens (tertiary/aromatic N) is 5. The molecule has 1 saturated carbocycles. The fourth-order valence-corrected chi connectivity index (χ4v) is 9.29. The van der Waals surface area contributed by atoms with E-state index in [0.29, 0.717) is 73.9 Å². The van der Waals surface area contributed by atoms with Crippen LogP contribution in [-0.2, 0) is 11.0 Å². The molecule has 7 rings (SSSR count). The van der Waals surface area contributed by atoms with Crippen LogP contribution in [0, 0.1) is 17.7 Å². The first-order valence-electron chi connectivity index (χ1n) is 16.8. The van der Waals surface area contributed by atoms with Crippen LogP contribution < -0.4 is 15.1 Å². The summed E-state index contributed by atoms with van der Waals surface area (Å²) in [5.41, 5.74) is -1.45. The van der Waals surface area contributed by atoms with Gasteiger partial charge in [-0.2, -0.15) is 13.2 Å². The minimum Gasteiger partial charge on any atom is -0.481 e. The minimum absolute atomic E-state index is 0.0596. The van der Waals surface area contributed by atoms with Crippen molar-refractivity contribution in [1.82, 2.24) is 14.9 Å². The number of carboxylic acids is 1. The Labute approximate surface area is 290 Å². The molecule has 0 radical (unpaired) electrons. The van der Waals surface area contributed by atoms with Gasteiger partial charge >= 0.3 is 12.1 Å². The van der Waals surface area contributed by atoms with Gasteiger partial charge in [0.15, 0.2) is 5.13 Å². The standard InChI is InChI=1S/C34H37ClF4N6O3S/c35-25-15-21(16-40-29(25)43-12-9-19(10-13-43)32(47)48)30(46)42-33-41-28(23-7-4-8-24(27(23)36)34(37,38)39)31(49-33)44-17-20-11-14-45(26(20)18-44)22-5-2-1-3-6-22/h4,7-8,15-16,19-20,22,26H,1-3,5-6,9-14,17-18H2,(H,47,48)(H,41,42,46). The molecular formula is C34H37ClF4N6O3S. The third kappa shape index (κ3) is 6.83. The lowest BCUT2D eigenvalue weighted by Gasteiger charge is -2.35. The summed E-state index contributed by atoms with van der Waals surface area (Å²) >= 11 is 7.64. The van der Waals surface area contributed by atoms with E-state index in [0.717, 1.165) is 24.3 Å². The van der Waals surface area contributed by atoms with Crippen molar-refractivity contribution < 1.29 is 32.3 Å². The molecule has 0 bridgehead atoms. The van der Waals surface area contributed by atoms with E-state index < -0.39 is 35.4 Å². The molecule has 2 N–H and O–H groups in total. The Kier molecular flexibility index (Phi) is 9.48. The quantitative estimate of drug-likeness (QED) is 0.244. The molecule has 0 spiro atoms. The van der Waals surface area contributed by atoms with Crippen molar-refractivity contribution in [3.05, 3.63) is 52.4 Å². The molecule has 15 heteroatoms. The van der Waals surface area contributed by atoms with Gasteiger partial charge in [0.2, 0.25) is 0 Å². The summed E-state index contributed by atoms with van der Waals surface area (Å²) < 4.78 is 56.8. The number of aromatic nitrogens is 2. The Morgan fingerprint density at radius 1 is 1.00 bits per heavy atom. The molecule has 4 aliphatic rings. The zero-order valence-electron chi connectivity index (χ0n) is 26.7. The molecule has 5 heterocycles. The molecule has 3 saturated heterocycles. The first kappa shape index (κ1) is 34.0. The van der Waals surface area contributed by atoms with Crippen LogP contribution in [0.3, 0.4) is 0 Å². The number of carbonyl (C=O) groups excluding carboxylic acids is 1. The van der Waals surface area contributed by atoms with Crippen molar-refractivity contribution in [3.63, 3.8) is 0 Å². The molecule has 3 aromatic rings. The van der Waals surface area contributed by atoms with Crippen LogP contribution in [0.5, 0.6) is 0 Å². The molecule has 4 fully saturated rings. The number of amides is 1. The van der Waals surface area contributed by atoms with Gasteiger partial charge in [0.05, 0.1) is 22.1 Å². The summed E-state index contributed by atoms with van der Waals surface area (Å²) in [6, 6.07) is 5.47. The number of halogens is 5. The maximum Gasteiger partial charge on any atom is 0.419 e. The molecule has 2 atom stereocenters. The third-order valence-electron chi connectivity index (χ3n) is 10.5. The highest BCUT2D eigenvalue weighted by Crippen LogP contribution is 2.46. The number of piperidine rings is 1. The first-order chi connectivity index (χ1) is 23.5. The Hall–Kier alpha value is -3.49. The number of carboxylic acid groups (broad SMARTS) is 1. The molecule has 2 aromatic heterocycles. The molecule has 49 heavy (non-hydrogen) atoms. The Bertz CT molecular complexity index is 1730. The van der Waals surface area contributed by atoms with Crippen LogP contribution in [0.15, 0.2) is 30.5 Å². The number of anilines is 3. The van der Waals surface area contributed by atoms with Crippen LogP contribution >= 0.6 is 22.9 Å². The second-order valence-corrected chi connectivity index (χ2v) is 14.9. The molecule has 1 aliphatic carbocycles. The van der Waals surface area contributed by atoms with E-state index in [2.05, 4.69) is 25.1 Å². The van der Waals surface area contributed by atoms with E-state index in [1.54, 1.807) is 0 Å². The van der Waals surface area contributed by atoms with Gasteiger partial charge in [-0.15, -0.1) is 0 Å². The fraction of sp³-hybridized carbons (Fsp3) is 0.529. The third-order valence-corrected chi connectivity index (χ3v) is 11.8. The van der Waals surface area contributed by atoms with Crippen molar-refractivity contribution in [2.75, 3.05) is 47.8 Å². The first-order valence-corrected chi connectivity index (χ1v) is 18.0. The zero-order valence-corrected chi connectivity index (χ0v) is 28.3. The summed E-state index contributed by atoms with van der Waals surface area (Å²) in [6.45, 7) is 3.27. The monoisotopic (exact) mass is 720 g/mol.